The number of carbonyl (C=O) groups excluding carboxylic acids is 2. The molecular weight excluding hydrogens is 407 g/mol. The van der Waals surface area contributed by atoms with Crippen LogP contribution in [0.25, 0.3) is 0 Å². The Hall–Kier alpha value is -2.04. The fourth-order valence-electron chi connectivity index (χ4n) is 3.78. The van der Waals surface area contributed by atoms with E-state index in [0.29, 0.717) is 5.02 Å². The molecule has 2 aromatic rings. The molecule has 2 aromatic carbocycles. The summed E-state index contributed by atoms with van der Waals surface area (Å²) in [5.41, 5.74) is 2.63. The van der Waals surface area contributed by atoms with Crippen LogP contribution in [0.4, 0.5) is 0 Å². The molecule has 0 bridgehead atoms. The maximum atomic E-state index is 13.3. The Labute approximate surface area is 182 Å². The third-order valence-corrected chi connectivity index (χ3v) is 5.99. The summed E-state index contributed by atoms with van der Waals surface area (Å²) in [5, 5.41) is 3.70. The van der Waals surface area contributed by atoms with Crippen molar-refractivity contribution in [2.75, 3.05) is 5.88 Å². The standard InChI is InChI=1S/C23H26Cl2N2O2/c1-16-10-12-17(13-11-16)22(23(29)26-19-7-3-4-8-19)27(21(28)14-24)15-18-6-2-5-9-20(18)25/h2,5-6,9-13,19,22H,3-4,7-8,14-15H2,1H3,(H,26,29). The second-order valence-electron chi connectivity index (χ2n) is 7.55. The van der Waals surface area contributed by atoms with Gasteiger partial charge in [0.1, 0.15) is 11.9 Å². The number of nitrogens with zero attached hydrogens (tertiary/aromatic N) is 1. The zero-order valence-electron chi connectivity index (χ0n) is 16.5. The van der Waals surface area contributed by atoms with Crippen molar-refractivity contribution >= 4 is 35.0 Å². The maximum Gasteiger partial charge on any atom is 0.247 e. The first-order valence-electron chi connectivity index (χ1n) is 9.95. The average molecular weight is 433 g/mol. The predicted molar refractivity (Wildman–Crippen MR) is 117 cm³/mol. The van der Waals surface area contributed by atoms with Gasteiger partial charge in [-0.3, -0.25) is 9.59 Å². The first kappa shape index (κ1) is 21.7. The summed E-state index contributed by atoms with van der Waals surface area (Å²) in [7, 11) is 0. The third kappa shape index (κ3) is 5.52. The van der Waals surface area contributed by atoms with E-state index in [9.17, 15) is 9.59 Å². The lowest BCUT2D eigenvalue weighted by atomic mass is 10.0. The second-order valence-corrected chi connectivity index (χ2v) is 8.22. The molecule has 1 saturated carbocycles. The van der Waals surface area contributed by atoms with E-state index in [-0.39, 0.29) is 30.3 Å². The van der Waals surface area contributed by atoms with Gasteiger partial charge in [-0.25, -0.2) is 0 Å². The van der Waals surface area contributed by atoms with Gasteiger partial charge in [-0.1, -0.05) is 72.5 Å². The van der Waals surface area contributed by atoms with E-state index in [0.717, 1.165) is 42.4 Å². The first-order valence-corrected chi connectivity index (χ1v) is 10.9. The number of hydrogen-bond donors (Lipinski definition) is 1. The first-order chi connectivity index (χ1) is 14.0. The van der Waals surface area contributed by atoms with Gasteiger partial charge in [-0.15, -0.1) is 11.6 Å². The van der Waals surface area contributed by atoms with Crippen molar-refractivity contribution in [3.63, 3.8) is 0 Å². The van der Waals surface area contributed by atoms with Crippen LogP contribution in [0.15, 0.2) is 48.5 Å². The highest BCUT2D eigenvalue weighted by Crippen LogP contribution is 2.28. The fourth-order valence-corrected chi connectivity index (χ4v) is 4.13. The molecular formula is C23H26Cl2N2O2. The summed E-state index contributed by atoms with van der Waals surface area (Å²) < 4.78 is 0. The summed E-state index contributed by atoms with van der Waals surface area (Å²) in [6.07, 6.45) is 4.18. The summed E-state index contributed by atoms with van der Waals surface area (Å²) in [5.74, 6) is -0.686. The summed E-state index contributed by atoms with van der Waals surface area (Å²) in [4.78, 5) is 27.7. The second kappa shape index (κ2) is 10.1. The molecule has 0 aromatic heterocycles. The number of alkyl halides is 1. The maximum absolute atomic E-state index is 13.3. The normalized spacial score (nSPS) is 15.1. The van der Waals surface area contributed by atoms with Crippen molar-refractivity contribution in [3.05, 3.63) is 70.2 Å². The van der Waals surface area contributed by atoms with Gasteiger partial charge in [-0.05, 0) is 37.0 Å². The largest absolute Gasteiger partial charge is 0.351 e. The summed E-state index contributed by atoms with van der Waals surface area (Å²) in [6.45, 7) is 2.20. The van der Waals surface area contributed by atoms with Crippen LogP contribution < -0.4 is 5.32 Å². The zero-order valence-corrected chi connectivity index (χ0v) is 18.0. The highest BCUT2D eigenvalue weighted by Gasteiger charge is 2.33. The van der Waals surface area contributed by atoms with Crippen molar-refractivity contribution < 1.29 is 9.59 Å². The van der Waals surface area contributed by atoms with E-state index < -0.39 is 6.04 Å². The number of rotatable bonds is 7. The molecule has 0 saturated heterocycles. The topological polar surface area (TPSA) is 49.4 Å². The molecule has 0 spiro atoms. The van der Waals surface area contributed by atoms with Crippen LogP contribution in [-0.2, 0) is 16.1 Å². The minimum atomic E-state index is -0.765. The van der Waals surface area contributed by atoms with Crippen LogP contribution in [0.1, 0.15) is 48.4 Å². The number of nitrogens with one attached hydrogen (secondary N) is 1. The van der Waals surface area contributed by atoms with Gasteiger partial charge in [0.15, 0.2) is 0 Å². The summed E-state index contributed by atoms with van der Waals surface area (Å²) in [6, 6.07) is 14.4. The Balaban J connectivity index is 1.96. The lowest BCUT2D eigenvalue weighted by Crippen LogP contribution is -2.46. The Morgan fingerprint density at radius 3 is 2.38 bits per heavy atom. The predicted octanol–water partition coefficient (Wildman–Crippen LogP) is 5.02. The van der Waals surface area contributed by atoms with Crippen LogP contribution in [0, 0.1) is 6.92 Å². The molecule has 1 N–H and O–H groups in total. The average Bonchev–Trinajstić information content (AvgIpc) is 3.22. The van der Waals surface area contributed by atoms with Gasteiger partial charge in [-0.2, -0.15) is 0 Å². The van der Waals surface area contributed by atoms with E-state index >= 15 is 0 Å². The Morgan fingerprint density at radius 2 is 1.76 bits per heavy atom. The van der Waals surface area contributed by atoms with E-state index in [1.807, 2.05) is 49.4 Å². The minimum absolute atomic E-state index is 0.156. The highest BCUT2D eigenvalue weighted by atomic mass is 35.5. The minimum Gasteiger partial charge on any atom is -0.351 e. The van der Waals surface area contributed by atoms with Crippen molar-refractivity contribution in [3.8, 4) is 0 Å². The van der Waals surface area contributed by atoms with Gasteiger partial charge >= 0.3 is 0 Å². The molecule has 0 heterocycles. The van der Waals surface area contributed by atoms with Crippen molar-refractivity contribution in [1.82, 2.24) is 10.2 Å². The molecule has 1 atom stereocenters. The van der Waals surface area contributed by atoms with Gasteiger partial charge in [0.05, 0.1) is 0 Å². The molecule has 0 radical (unpaired) electrons. The van der Waals surface area contributed by atoms with Crippen LogP contribution in [0.3, 0.4) is 0 Å². The molecule has 0 aliphatic heterocycles. The molecule has 4 nitrogen and oxygen atoms in total. The summed E-state index contributed by atoms with van der Waals surface area (Å²) >= 11 is 12.3. The van der Waals surface area contributed by atoms with Gasteiger partial charge in [0.2, 0.25) is 11.8 Å². The lowest BCUT2D eigenvalue weighted by Gasteiger charge is -2.32. The molecule has 1 aliphatic carbocycles. The van der Waals surface area contributed by atoms with E-state index in [1.54, 1.807) is 6.07 Å². The van der Waals surface area contributed by atoms with E-state index in [1.165, 1.54) is 4.90 Å². The number of amides is 2. The van der Waals surface area contributed by atoms with Crippen LogP contribution in [-0.4, -0.2) is 28.6 Å². The zero-order chi connectivity index (χ0) is 20.8. The van der Waals surface area contributed by atoms with Gasteiger partial charge in [0.25, 0.3) is 0 Å². The highest BCUT2D eigenvalue weighted by molar-refractivity contribution is 6.31. The SMILES string of the molecule is Cc1ccc(C(C(=O)NC2CCCC2)N(Cc2ccccc2Cl)C(=O)CCl)cc1. The van der Waals surface area contributed by atoms with Crippen LogP contribution in [0.2, 0.25) is 5.02 Å². The Bertz CT molecular complexity index is 848. The van der Waals surface area contributed by atoms with E-state index in [4.69, 9.17) is 23.2 Å². The smallest absolute Gasteiger partial charge is 0.247 e. The lowest BCUT2D eigenvalue weighted by molar-refractivity contribution is -0.140. The quantitative estimate of drug-likeness (QED) is 0.624. The van der Waals surface area contributed by atoms with Gasteiger partial charge in [0, 0.05) is 17.6 Å². The number of carbonyl (C=O) groups is 2. The third-order valence-electron chi connectivity index (χ3n) is 5.39. The molecule has 6 heteroatoms. The molecule has 2 amide bonds. The number of hydrogen-bond acceptors (Lipinski definition) is 2. The molecule has 29 heavy (non-hydrogen) atoms. The van der Waals surface area contributed by atoms with Crippen molar-refractivity contribution in [2.45, 2.75) is 51.2 Å². The Morgan fingerprint density at radius 1 is 1.10 bits per heavy atom. The molecule has 1 aliphatic rings. The number of benzene rings is 2. The molecule has 154 valence electrons. The number of halogens is 2. The van der Waals surface area contributed by atoms with Crippen molar-refractivity contribution in [1.29, 1.82) is 0 Å². The fraction of sp³-hybridized carbons (Fsp3) is 0.391. The number of aryl methyl sites for hydroxylation is 1. The molecule has 1 fully saturated rings. The Kier molecular flexibility index (Phi) is 7.57. The van der Waals surface area contributed by atoms with E-state index in [2.05, 4.69) is 5.32 Å². The van der Waals surface area contributed by atoms with Crippen LogP contribution >= 0.6 is 23.2 Å². The van der Waals surface area contributed by atoms with Crippen molar-refractivity contribution in [2.24, 2.45) is 0 Å². The molecule has 1 unspecified atom stereocenters. The van der Waals surface area contributed by atoms with Gasteiger partial charge < -0.3 is 10.2 Å². The monoisotopic (exact) mass is 432 g/mol. The van der Waals surface area contributed by atoms with Crippen LogP contribution in [0.5, 0.6) is 0 Å². The molecule has 3 rings (SSSR count).